The van der Waals surface area contributed by atoms with E-state index in [1.807, 2.05) is 38.1 Å². The van der Waals surface area contributed by atoms with Gasteiger partial charge in [-0.15, -0.1) is 0 Å². The molecule has 0 fully saturated rings. The minimum absolute atomic E-state index is 0.267. The number of ether oxygens (including phenoxy) is 1. The number of hydrogen-bond donors (Lipinski definition) is 1. The number of pyridine rings is 1. The average molecular weight is 267 g/mol. The number of anilines is 1. The summed E-state index contributed by atoms with van der Waals surface area (Å²) >= 11 is 0. The first-order valence-electron chi connectivity index (χ1n) is 6.46. The van der Waals surface area contributed by atoms with Gasteiger partial charge in [-0.3, -0.25) is 0 Å². The van der Waals surface area contributed by atoms with Crippen LogP contribution in [0, 0.1) is 18.3 Å². The van der Waals surface area contributed by atoms with Crippen LogP contribution in [0.1, 0.15) is 23.7 Å². The number of nitrogens with zero attached hydrogens (tertiary/aromatic N) is 2. The van der Waals surface area contributed by atoms with Crippen molar-refractivity contribution in [3.05, 3.63) is 41.1 Å². The molecule has 0 aliphatic heterocycles. The van der Waals surface area contributed by atoms with Gasteiger partial charge >= 0.3 is 0 Å². The Hall–Kier alpha value is -2.54. The largest absolute Gasteiger partial charge is 0.496 e. The Bertz CT molecular complexity index is 687. The van der Waals surface area contributed by atoms with Gasteiger partial charge in [0.1, 0.15) is 23.2 Å². The number of nitrogens with two attached hydrogens (primary N) is 1. The van der Waals surface area contributed by atoms with E-state index in [-0.39, 0.29) is 5.82 Å². The molecule has 1 aromatic carbocycles. The minimum atomic E-state index is 0.267. The van der Waals surface area contributed by atoms with Gasteiger partial charge in [0.15, 0.2) is 0 Å². The predicted molar refractivity (Wildman–Crippen MR) is 79.5 cm³/mol. The van der Waals surface area contributed by atoms with Crippen molar-refractivity contribution < 1.29 is 4.74 Å². The van der Waals surface area contributed by atoms with Gasteiger partial charge in [0, 0.05) is 16.8 Å². The summed E-state index contributed by atoms with van der Waals surface area (Å²) in [6.07, 6.45) is 0.779. The van der Waals surface area contributed by atoms with E-state index < -0.39 is 0 Å². The van der Waals surface area contributed by atoms with Crippen LogP contribution in [0.2, 0.25) is 0 Å². The van der Waals surface area contributed by atoms with Crippen LogP contribution < -0.4 is 10.5 Å². The van der Waals surface area contributed by atoms with Crippen LogP contribution in [-0.2, 0) is 6.42 Å². The number of rotatable bonds is 3. The zero-order valence-corrected chi connectivity index (χ0v) is 11.9. The highest BCUT2D eigenvalue weighted by atomic mass is 16.5. The van der Waals surface area contributed by atoms with Gasteiger partial charge in [0.2, 0.25) is 0 Å². The molecular formula is C16H17N3O. The van der Waals surface area contributed by atoms with Crippen molar-refractivity contribution >= 4 is 5.82 Å². The van der Waals surface area contributed by atoms with Gasteiger partial charge in [-0.1, -0.05) is 25.1 Å². The molecule has 0 saturated carbocycles. The van der Waals surface area contributed by atoms with Gasteiger partial charge in [0.05, 0.1) is 7.11 Å². The Morgan fingerprint density at radius 2 is 2.05 bits per heavy atom. The highest BCUT2D eigenvalue weighted by Crippen LogP contribution is 2.37. The van der Waals surface area contributed by atoms with Crippen LogP contribution in [-0.4, -0.2) is 12.1 Å². The number of methoxy groups -OCH3 is 1. The Balaban J connectivity index is 2.88. The molecule has 0 saturated heterocycles. The maximum atomic E-state index is 9.42. The van der Waals surface area contributed by atoms with E-state index in [2.05, 4.69) is 11.1 Å². The summed E-state index contributed by atoms with van der Waals surface area (Å²) in [4.78, 5) is 4.27. The van der Waals surface area contributed by atoms with Crippen LogP contribution in [0.4, 0.5) is 5.82 Å². The van der Waals surface area contributed by atoms with Crippen molar-refractivity contribution in [2.75, 3.05) is 12.8 Å². The van der Waals surface area contributed by atoms with E-state index in [0.717, 1.165) is 34.6 Å². The van der Waals surface area contributed by atoms with Gasteiger partial charge in [-0.05, 0) is 25.0 Å². The van der Waals surface area contributed by atoms with E-state index in [0.29, 0.717) is 5.56 Å². The summed E-state index contributed by atoms with van der Waals surface area (Å²) in [5.74, 6) is 0.992. The molecule has 0 bridgehead atoms. The van der Waals surface area contributed by atoms with Crippen molar-refractivity contribution in [3.8, 4) is 22.9 Å². The second-order valence-corrected chi connectivity index (χ2v) is 4.48. The Kier molecular flexibility index (Phi) is 3.90. The molecule has 1 aromatic heterocycles. The number of aromatic nitrogens is 1. The number of para-hydroxylation sites is 1. The van der Waals surface area contributed by atoms with E-state index >= 15 is 0 Å². The smallest absolute Gasteiger partial charge is 0.142 e. The fourth-order valence-corrected chi connectivity index (χ4v) is 2.46. The van der Waals surface area contributed by atoms with Crippen LogP contribution in [0.15, 0.2) is 24.3 Å². The fourth-order valence-electron chi connectivity index (χ4n) is 2.46. The summed E-state index contributed by atoms with van der Waals surface area (Å²) in [5.41, 5.74) is 9.91. The Morgan fingerprint density at radius 1 is 1.35 bits per heavy atom. The first-order valence-corrected chi connectivity index (χ1v) is 6.46. The molecule has 1 heterocycles. The van der Waals surface area contributed by atoms with Crippen molar-refractivity contribution in [3.63, 3.8) is 0 Å². The first kappa shape index (κ1) is 13.9. The van der Waals surface area contributed by atoms with Crippen LogP contribution >= 0.6 is 0 Å². The third-order valence-electron chi connectivity index (χ3n) is 3.37. The number of hydrogen-bond acceptors (Lipinski definition) is 4. The molecule has 0 aliphatic rings. The normalized spacial score (nSPS) is 10.1. The maximum absolute atomic E-state index is 9.42. The quantitative estimate of drug-likeness (QED) is 0.927. The van der Waals surface area contributed by atoms with E-state index in [1.54, 1.807) is 7.11 Å². The highest BCUT2D eigenvalue weighted by Gasteiger charge is 2.19. The molecule has 102 valence electrons. The minimum Gasteiger partial charge on any atom is -0.496 e. The topological polar surface area (TPSA) is 71.9 Å². The molecule has 0 unspecified atom stereocenters. The molecular weight excluding hydrogens is 250 g/mol. The van der Waals surface area contributed by atoms with Crippen molar-refractivity contribution in [1.29, 1.82) is 5.26 Å². The van der Waals surface area contributed by atoms with Crippen LogP contribution in [0.3, 0.4) is 0 Å². The summed E-state index contributed by atoms with van der Waals surface area (Å²) in [6.45, 7) is 3.95. The molecule has 0 atom stereocenters. The Labute approximate surface area is 118 Å². The molecule has 0 amide bonds. The van der Waals surface area contributed by atoms with Crippen molar-refractivity contribution in [2.24, 2.45) is 0 Å². The monoisotopic (exact) mass is 267 g/mol. The summed E-state index contributed by atoms with van der Waals surface area (Å²) < 4.78 is 5.41. The zero-order valence-electron chi connectivity index (χ0n) is 11.9. The molecule has 0 spiro atoms. The van der Waals surface area contributed by atoms with Gasteiger partial charge in [-0.2, -0.15) is 5.26 Å². The SMILES string of the molecule is CCc1c(C)nc(N)c(C#N)c1-c1ccccc1OC. The summed E-state index contributed by atoms with van der Waals surface area (Å²) in [5, 5.41) is 9.42. The molecule has 2 aromatic rings. The van der Waals surface area contributed by atoms with E-state index in [9.17, 15) is 5.26 Å². The van der Waals surface area contributed by atoms with Crippen LogP contribution in [0.5, 0.6) is 5.75 Å². The predicted octanol–water partition coefficient (Wildman–Crippen LogP) is 3.08. The molecule has 2 N–H and O–H groups in total. The zero-order chi connectivity index (χ0) is 14.7. The van der Waals surface area contributed by atoms with Gasteiger partial charge in [-0.25, -0.2) is 4.98 Å². The number of nitrogen functional groups attached to an aromatic ring is 1. The second-order valence-electron chi connectivity index (χ2n) is 4.48. The van der Waals surface area contributed by atoms with E-state index in [4.69, 9.17) is 10.5 Å². The maximum Gasteiger partial charge on any atom is 0.142 e. The number of benzene rings is 1. The standard InChI is InChI=1S/C16H17N3O/c1-4-11-10(2)19-16(18)13(9-17)15(11)12-7-5-6-8-14(12)20-3/h5-8H,4H2,1-3H3,(H2,18,19). The van der Waals surface area contributed by atoms with E-state index in [1.165, 1.54) is 0 Å². The third-order valence-corrected chi connectivity index (χ3v) is 3.37. The molecule has 2 rings (SSSR count). The molecule has 20 heavy (non-hydrogen) atoms. The number of aryl methyl sites for hydroxylation is 1. The molecule has 4 heteroatoms. The average Bonchev–Trinajstić information content (AvgIpc) is 2.46. The van der Waals surface area contributed by atoms with Gasteiger partial charge in [0.25, 0.3) is 0 Å². The molecule has 0 aliphatic carbocycles. The highest BCUT2D eigenvalue weighted by molar-refractivity contribution is 5.82. The fraction of sp³-hybridized carbons (Fsp3) is 0.250. The lowest BCUT2D eigenvalue weighted by atomic mass is 9.92. The number of nitriles is 1. The lowest BCUT2D eigenvalue weighted by Crippen LogP contribution is -2.05. The molecule has 4 nitrogen and oxygen atoms in total. The first-order chi connectivity index (χ1) is 9.63. The lowest BCUT2D eigenvalue weighted by molar-refractivity contribution is 0.416. The van der Waals surface area contributed by atoms with Crippen molar-refractivity contribution in [1.82, 2.24) is 4.98 Å². The summed E-state index contributed by atoms with van der Waals surface area (Å²) in [6, 6.07) is 9.81. The van der Waals surface area contributed by atoms with Crippen LogP contribution in [0.25, 0.3) is 11.1 Å². The van der Waals surface area contributed by atoms with Crippen molar-refractivity contribution in [2.45, 2.75) is 20.3 Å². The second kappa shape index (κ2) is 5.62. The molecule has 0 radical (unpaired) electrons. The van der Waals surface area contributed by atoms with Gasteiger partial charge < -0.3 is 10.5 Å². The lowest BCUT2D eigenvalue weighted by Gasteiger charge is -2.16. The summed E-state index contributed by atoms with van der Waals surface area (Å²) in [7, 11) is 1.62. The third kappa shape index (κ3) is 2.19. The Morgan fingerprint density at radius 3 is 2.65 bits per heavy atom.